The highest BCUT2D eigenvalue weighted by molar-refractivity contribution is 7.99. The summed E-state index contributed by atoms with van der Waals surface area (Å²) in [4.78, 5) is 8.44. The minimum Gasteiger partial charge on any atom is -0.384 e. The lowest BCUT2D eigenvalue weighted by atomic mass is 10.1. The molecule has 0 bridgehead atoms. The van der Waals surface area contributed by atoms with Crippen molar-refractivity contribution in [3.63, 3.8) is 0 Å². The fourth-order valence-electron chi connectivity index (χ4n) is 2.43. The van der Waals surface area contributed by atoms with Gasteiger partial charge in [-0.2, -0.15) is 11.8 Å². The van der Waals surface area contributed by atoms with Crippen LogP contribution in [0.5, 0.6) is 0 Å². The van der Waals surface area contributed by atoms with Crippen LogP contribution < -0.4 is 5.73 Å². The van der Waals surface area contributed by atoms with Crippen LogP contribution in [0, 0.1) is 0 Å². The van der Waals surface area contributed by atoms with Gasteiger partial charge >= 0.3 is 0 Å². The number of rotatable bonds is 3. The standard InChI is InChI=1S/C14H18N4S/c15-14-5-4-11(7-17-14)13-8-16-10-18(13)9-12-3-1-2-6-19-12/h4-5,7-8,10,12H,1-3,6,9H2,(H2,15,17). The van der Waals surface area contributed by atoms with Gasteiger partial charge in [0.15, 0.2) is 0 Å². The summed E-state index contributed by atoms with van der Waals surface area (Å²) in [5.41, 5.74) is 7.83. The van der Waals surface area contributed by atoms with Crippen molar-refractivity contribution in [3.8, 4) is 11.3 Å². The number of nitrogen functional groups attached to an aromatic ring is 1. The fraction of sp³-hybridized carbons (Fsp3) is 0.429. The van der Waals surface area contributed by atoms with Gasteiger partial charge in [0.1, 0.15) is 5.82 Å². The Morgan fingerprint density at radius 3 is 3.00 bits per heavy atom. The molecule has 1 aliphatic heterocycles. The maximum atomic E-state index is 5.63. The van der Waals surface area contributed by atoms with Gasteiger partial charge in [-0.25, -0.2) is 9.97 Å². The number of hydrogen-bond acceptors (Lipinski definition) is 4. The molecule has 0 amide bonds. The highest BCUT2D eigenvalue weighted by Crippen LogP contribution is 2.28. The van der Waals surface area contributed by atoms with Crippen molar-refractivity contribution in [2.24, 2.45) is 0 Å². The maximum Gasteiger partial charge on any atom is 0.123 e. The topological polar surface area (TPSA) is 56.7 Å². The molecular formula is C14H18N4S. The minimum atomic E-state index is 0.553. The van der Waals surface area contributed by atoms with Crippen molar-refractivity contribution in [1.82, 2.24) is 14.5 Å². The lowest BCUT2D eigenvalue weighted by Crippen LogP contribution is -2.17. The first-order valence-corrected chi connectivity index (χ1v) is 7.71. The Morgan fingerprint density at radius 1 is 1.32 bits per heavy atom. The van der Waals surface area contributed by atoms with Crippen molar-refractivity contribution >= 4 is 17.6 Å². The van der Waals surface area contributed by atoms with Crippen LogP contribution in [0.15, 0.2) is 30.9 Å². The molecule has 3 rings (SSSR count). The highest BCUT2D eigenvalue weighted by atomic mass is 32.2. The Morgan fingerprint density at radius 2 is 2.26 bits per heavy atom. The third-order valence-electron chi connectivity index (χ3n) is 3.47. The predicted octanol–water partition coefficient (Wildman–Crippen LogP) is 2.81. The van der Waals surface area contributed by atoms with Gasteiger partial charge in [-0.15, -0.1) is 0 Å². The quantitative estimate of drug-likeness (QED) is 0.935. The molecule has 2 aromatic heterocycles. The van der Waals surface area contributed by atoms with E-state index in [1.54, 1.807) is 0 Å². The SMILES string of the molecule is Nc1ccc(-c2cncn2CC2CCCCS2)cn1. The zero-order valence-corrected chi connectivity index (χ0v) is 11.6. The van der Waals surface area contributed by atoms with Gasteiger partial charge in [0, 0.05) is 23.6 Å². The zero-order chi connectivity index (χ0) is 13.1. The first kappa shape index (κ1) is 12.5. The predicted molar refractivity (Wildman–Crippen MR) is 80.0 cm³/mol. The molecule has 5 heteroatoms. The van der Waals surface area contributed by atoms with Crippen molar-refractivity contribution < 1.29 is 0 Å². The molecule has 0 radical (unpaired) electrons. The molecule has 100 valence electrons. The van der Waals surface area contributed by atoms with Crippen LogP contribution in [0.3, 0.4) is 0 Å². The average Bonchev–Trinajstić information content (AvgIpc) is 2.89. The zero-order valence-electron chi connectivity index (χ0n) is 10.8. The minimum absolute atomic E-state index is 0.553. The monoisotopic (exact) mass is 274 g/mol. The summed E-state index contributed by atoms with van der Waals surface area (Å²) in [5, 5.41) is 0.712. The van der Waals surface area contributed by atoms with Gasteiger partial charge in [-0.3, -0.25) is 0 Å². The second kappa shape index (κ2) is 5.65. The van der Waals surface area contributed by atoms with Gasteiger partial charge in [0.25, 0.3) is 0 Å². The number of imidazole rings is 1. The van der Waals surface area contributed by atoms with Crippen molar-refractivity contribution in [2.45, 2.75) is 31.1 Å². The third kappa shape index (κ3) is 2.92. The summed E-state index contributed by atoms with van der Waals surface area (Å²) in [6, 6.07) is 3.84. The summed E-state index contributed by atoms with van der Waals surface area (Å²) in [5.74, 6) is 1.84. The molecule has 2 aromatic rings. The van der Waals surface area contributed by atoms with Crippen LogP contribution in [-0.4, -0.2) is 25.5 Å². The molecule has 2 N–H and O–H groups in total. The summed E-state index contributed by atoms with van der Waals surface area (Å²) in [6.07, 6.45) is 9.66. The van der Waals surface area contributed by atoms with E-state index in [-0.39, 0.29) is 0 Å². The van der Waals surface area contributed by atoms with E-state index < -0.39 is 0 Å². The van der Waals surface area contributed by atoms with Gasteiger partial charge in [0.05, 0.1) is 18.2 Å². The number of aromatic nitrogens is 3. The van der Waals surface area contributed by atoms with Gasteiger partial charge in [-0.1, -0.05) is 6.42 Å². The van der Waals surface area contributed by atoms with Gasteiger partial charge in [-0.05, 0) is 30.7 Å². The normalized spacial score (nSPS) is 19.5. The lowest BCUT2D eigenvalue weighted by Gasteiger charge is -2.22. The number of nitrogens with zero attached hydrogens (tertiary/aromatic N) is 3. The number of hydrogen-bond donors (Lipinski definition) is 1. The van der Waals surface area contributed by atoms with E-state index in [0.29, 0.717) is 11.1 Å². The molecule has 0 aliphatic carbocycles. The Labute approximate surface area is 117 Å². The Hall–Kier alpha value is -1.49. The van der Waals surface area contributed by atoms with E-state index in [1.165, 1.54) is 25.0 Å². The van der Waals surface area contributed by atoms with Crippen molar-refractivity contribution in [1.29, 1.82) is 0 Å². The summed E-state index contributed by atoms with van der Waals surface area (Å²) < 4.78 is 2.23. The number of pyridine rings is 1. The molecule has 1 saturated heterocycles. The second-order valence-electron chi connectivity index (χ2n) is 4.89. The molecule has 1 atom stereocenters. The average molecular weight is 274 g/mol. The molecule has 1 fully saturated rings. The highest BCUT2D eigenvalue weighted by Gasteiger charge is 2.16. The van der Waals surface area contributed by atoms with Crippen molar-refractivity contribution in [3.05, 3.63) is 30.9 Å². The van der Waals surface area contributed by atoms with Crippen LogP contribution in [0.2, 0.25) is 0 Å². The van der Waals surface area contributed by atoms with E-state index in [2.05, 4.69) is 26.3 Å². The van der Waals surface area contributed by atoms with Crippen LogP contribution >= 0.6 is 11.8 Å². The number of nitrogens with two attached hydrogens (primary N) is 1. The van der Waals surface area contributed by atoms with E-state index >= 15 is 0 Å². The largest absolute Gasteiger partial charge is 0.384 e. The molecule has 4 nitrogen and oxygen atoms in total. The molecule has 19 heavy (non-hydrogen) atoms. The van der Waals surface area contributed by atoms with Crippen molar-refractivity contribution in [2.75, 3.05) is 11.5 Å². The molecular weight excluding hydrogens is 256 g/mol. The fourth-order valence-corrected chi connectivity index (χ4v) is 3.74. The Balaban J connectivity index is 1.79. The Kier molecular flexibility index (Phi) is 3.73. The first-order chi connectivity index (χ1) is 9.33. The van der Waals surface area contributed by atoms with E-state index in [0.717, 1.165) is 17.8 Å². The van der Waals surface area contributed by atoms with Crippen LogP contribution in [0.4, 0.5) is 5.82 Å². The summed E-state index contributed by atoms with van der Waals surface area (Å²) >= 11 is 2.08. The third-order valence-corrected chi connectivity index (χ3v) is 4.85. The van der Waals surface area contributed by atoms with Crippen LogP contribution in [0.1, 0.15) is 19.3 Å². The lowest BCUT2D eigenvalue weighted by molar-refractivity contribution is 0.585. The van der Waals surface area contributed by atoms with Crippen LogP contribution in [-0.2, 0) is 6.54 Å². The smallest absolute Gasteiger partial charge is 0.123 e. The molecule has 0 saturated carbocycles. The summed E-state index contributed by atoms with van der Waals surface area (Å²) in [7, 11) is 0. The van der Waals surface area contributed by atoms with E-state index in [4.69, 9.17) is 5.73 Å². The molecule has 1 aliphatic rings. The molecule has 0 aromatic carbocycles. The number of anilines is 1. The van der Waals surface area contributed by atoms with E-state index in [1.807, 2.05) is 30.9 Å². The van der Waals surface area contributed by atoms with Gasteiger partial charge in [0.2, 0.25) is 0 Å². The molecule has 0 spiro atoms. The summed E-state index contributed by atoms with van der Waals surface area (Å²) in [6.45, 7) is 1.03. The first-order valence-electron chi connectivity index (χ1n) is 6.66. The molecule has 3 heterocycles. The van der Waals surface area contributed by atoms with E-state index in [9.17, 15) is 0 Å². The second-order valence-corrected chi connectivity index (χ2v) is 6.30. The Bertz CT molecular complexity index is 529. The molecule has 1 unspecified atom stereocenters. The van der Waals surface area contributed by atoms with Gasteiger partial charge < -0.3 is 10.3 Å². The maximum absolute atomic E-state index is 5.63. The number of thioether (sulfide) groups is 1. The van der Waals surface area contributed by atoms with Crippen LogP contribution in [0.25, 0.3) is 11.3 Å².